The first-order valence-corrected chi connectivity index (χ1v) is 33.6. The Morgan fingerprint density at radius 1 is 0.652 bits per heavy atom. The molecule has 0 aliphatic carbocycles. The van der Waals surface area contributed by atoms with E-state index in [4.69, 9.17) is 27.5 Å². The molecule has 0 rings (SSSR count). The molecule has 0 amide bonds. The van der Waals surface area contributed by atoms with E-state index in [0.29, 0.717) is 0 Å². The van der Waals surface area contributed by atoms with E-state index >= 15 is 0 Å². The molecule has 0 unspecified atom stereocenters. The average Bonchev–Trinajstić information content (AvgIpc) is 1.91. The molecule has 0 aromatic carbocycles. The van der Waals surface area contributed by atoms with Gasteiger partial charge in [0.15, 0.2) is 0 Å². The molecule has 0 saturated heterocycles. The first-order valence-electron chi connectivity index (χ1n) is 6.39. The predicted molar refractivity (Wildman–Crippen MR) is 120 cm³/mol. The summed E-state index contributed by atoms with van der Waals surface area (Å²) in [5, 5.41) is 0. The van der Waals surface area contributed by atoms with Crippen molar-refractivity contribution >= 4 is 89.3 Å². The topological polar surface area (TPSA) is 110 Å². The maximum absolute atomic E-state index is 8.74. The van der Waals surface area contributed by atoms with Crippen LogP contribution in [0.15, 0.2) is 0 Å². The van der Waals surface area contributed by atoms with Crippen LogP contribution in [0.1, 0.15) is 0 Å². The standard InChI is InChI=1S/3C3H9Ge.C2H6ClGe.ClH.H3N.H2O4S/c4*1-4(2)3;;;1-5(2,3)4/h3*1-3H3;1-2H3;1H;1H3;(H2,1,2,3,4). The summed E-state index contributed by atoms with van der Waals surface area (Å²) in [4.78, 5) is 0. The van der Waals surface area contributed by atoms with Gasteiger partial charge in [0.25, 0.3) is 0 Å². The van der Waals surface area contributed by atoms with Crippen molar-refractivity contribution in [2.24, 2.45) is 0 Å². The van der Waals surface area contributed by atoms with Gasteiger partial charge in [-0.1, -0.05) is 0 Å². The van der Waals surface area contributed by atoms with Gasteiger partial charge in [0.1, 0.15) is 0 Å². The van der Waals surface area contributed by atoms with E-state index in [2.05, 4.69) is 63.3 Å². The quantitative estimate of drug-likeness (QED) is 0.238. The number of hydrogen-bond acceptors (Lipinski definition) is 3. The van der Waals surface area contributed by atoms with Crippen LogP contribution in [0.3, 0.4) is 0 Å². The van der Waals surface area contributed by atoms with Gasteiger partial charge in [-0.3, -0.25) is 9.11 Å². The molecule has 0 saturated carbocycles. The van der Waals surface area contributed by atoms with Gasteiger partial charge < -0.3 is 6.15 Å². The minimum atomic E-state index is -4.67. The molecule has 0 bridgehead atoms. The monoisotopic (exact) mass is 647 g/mol. The van der Waals surface area contributed by atoms with Crippen LogP contribution in [0.5, 0.6) is 0 Å². The fraction of sp³-hybridized carbons (Fsp3) is 1.00. The number of halogens is 2. The fourth-order valence-corrected chi connectivity index (χ4v) is 0. The van der Waals surface area contributed by atoms with Crippen LogP contribution in [0.2, 0.25) is 63.3 Å². The Hall–Kier alpha value is 2.58. The van der Waals surface area contributed by atoms with Gasteiger partial charge in [-0.15, -0.1) is 12.4 Å². The molecule has 4 radical (unpaired) electrons. The van der Waals surface area contributed by atoms with Crippen molar-refractivity contribution in [2.45, 2.75) is 63.3 Å². The second-order valence-electron chi connectivity index (χ2n) is 5.83. The van der Waals surface area contributed by atoms with E-state index in [-0.39, 0.29) is 61.6 Å². The van der Waals surface area contributed by atoms with Gasteiger partial charge >= 0.3 is 140 Å². The molecule has 0 aromatic rings. The van der Waals surface area contributed by atoms with Crippen molar-refractivity contribution in [3.63, 3.8) is 0 Å². The van der Waals surface area contributed by atoms with Gasteiger partial charge in [0.05, 0.1) is 0 Å². The zero-order valence-electron chi connectivity index (χ0n) is 16.6. The summed E-state index contributed by atoms with van der Waals surface area (Å²) in [6.45, 7) is 0. The third-order valence-electron chi connectivity index (χ3n) is 0. The van der Waals surface area contributed by atoms with Crippen LogP contribution in [0.4, 0.5) is 0 Å². The van der Waals surface area contributed by atoms with Crippen LogP contribution in [-0.4, -0.2) is 74.0 Å². The Morgan fingerprint density at radius 3 is 0.652 bits per heavy atom. The molecular weight excluding hydrogens is 604 g/mol. The molecule has 23 heavy (non-hydrogen) atoms. The van der Waals surface area contributed by atoms with E-state index in [0.717, 1.165) is 0 Å². The first-order chi connectivity index (χ1) is 8.93. The molecule has 0 heterocycles. The summed E-state index contributed by atoms with van der Waals surface area (Å²) in [5.41, 5.74) is 0. The van der Waals surface area contributed by atoms with Crippen LogP contribution in [0.25, 0.3) is 0 Å². The van der Waals surface area contributed by atoms with E-state index in [1.807, 2.05) is 0 Å². The Kier molecular flexibility index (Phi) is 62.8. The first kappa shape index (κ1) is 44.8. The van der Waals surface area contributed by atoms with Gasteiger partial charge in [0, 0.05) is 0 Å². The van der Waals surface area contributed by atoms with E-state index in [1.54, 1.807) is 0 Å². The molecule has 0 atom stereocenters. The van der Waals surface area contributed by atoms with Crippen molar-refractivity contribution in [3.05, 3.63) is 0 Å². The van der Waals surface area contributed by atoms with Crippen LogP contribution in [-0.2, 0) is 10.4 Å². The molecule has 5 N–H and O–H groups in total. The van der Waals surface area contributed by atoms with Gasteiger partial charge in [0.2, 0.25) is 0 Å². The van der Waals surface area contributed by atoms with Crippen LogP contribution < -0.4 is 6.15 Å². The van der Waals surface area contributed by atoms with Gasteiger partial charge in [-0.05, 0) is 0 Å². The van der Waals surface area contributed by atoms with Crippen LogP contribution >= 0.6 is 22.4 Å². The molecule has 0 aromatic heterocycles. The Labute approximate surface area is 174 Å². The minimum absolute atomic E-state index is 0. The SMILES string of the molecule is Cl.N.O=S(=O)(O)O.[CH3][Ge]([CH3])[CH3].[CH3][Ge]([CH3])[CH3].[CH3][Ge]([CH3])[CH3].[CH3][Ge]([CH3])[Cl]. The average molecular weight is 643 g/mol. The molecule has 148 valence electrons. The second kappa shape index (κ2) is 32.3. The molecule has 0 aliphatic rings. The van der Waals surface area contributed by atoms with Gasteiger partial charge in [-0.2, -0.15) is 8.42 Å². The maximum atomic E-state index is 8.74. The van der Waals surface area contributed by atoms with Gasteiger partial charge in [-0.25, -0.2) is 0 Å². The summed E-state index contributed by atoms with van der Waals surface area (Å²) in [7, 11) is 0.775. The molecule has 5 nitrogen and oxygen atoms in total. The van der Waals surface area contributed by atoms with E-state index in [1.165, 1.54) is 0 Å². The molecule has 12 heteroatoms. The number of hydrogen-bond donors (Lipinski definition) is 3. The predicted octanol–water partition coefficient (Wildman–Crippen LogP) is 5.52. The van der Waals surface area contributed by atoms with E-state index < -0.39 is 23.8 Å². The second-order valence-corrected chi connectivity index (χ2v) is 33.2. The molecule has 0 fully saturated rings. The summed E-state index contributed by atoms with van der Waals surface area (Å²) < 4.78 is 31.6. The zero-order chi connectivity index (χ0) is 18.8. The molecule has 0 aliphatic heterocycles. The van der Waals surface area contributed by atoms with Crippen molar-refractivity contribution in [1.29, 1.82) is 0 Å². The summed E-state index contributed by atoms with van der Waals surface area (Å²) in [5.74, 6) is 25.2. The fourth-order valence-electron chi connectivity index (χ4n) is 0. The van der Waals surface area contributed by atoms with Crippen molar-refractivity contribution in [3.8, 4) is 0 Å². The van der Waals surface area contributed by atoms with Crippen molar-refractivity contribution < 1.29 is 17.5 Å². The molecular formula is C11H39Cl2Ge4NO4S. The Balaban J connectivity index is -0.0000000273. The van der Waals surface area contributed by atoms with Crippen LogP contribution in [0, 0.1) is 0 Å². The third-order valence-corrected chi connectivity index (χ3v) is 0. The summed E-state index contributed by atoms with van der Waals surface area (Å²) >= 11 is -1.86. The van der Waals surface area contributed by atoms with Crippen molar-refractivity contribution in [1.82, 2.24) is 6.15 Å². The Morgan fingerprint density at radius 2 is 0.652 bits per heavy atom. The normalized spacial score (nSPS) is 8.78. The molecule has 0 spiro atoms. The summed E-state index contributed by atoms with van der Waals surface area (Å²) in [6.07, 6.45) is 0. The summed E-state index contributed by atoms with van der Waals surface area (Å²) in [6, 6.07) is 0. The third kappa shape index (κ3) is 1880. The Bertz CT molecular complexity index is 228. The zero-order valence-corrected chi connectivity index (χ0v) is 27.4. The van der Waals surface area contributed by atoms with E-state index in [9.17, 15) is 0 Å². The number of rotatable bonds is 0. The van der Waals surface area contributed by atoms with Crippen molar-refractivity contribution in [2.75, 3.05) is 0 Å².